The van der Waals surface area contributed by atoms with Gasteiger partial charge in [-0.3, -0.25) is 19.8 Å². The molecule has 0 aliphatic rings. The average Bonchev–Trinajstić information content (AvgIpc) is 2.90. The molecule has 2 atom stereocenters. The third-order valence-electron chi connectivity index (χ3n) is 2.61. The van der Waals surface area contributed by atoms with Crippen LogP contribution in [0.15, 0.2) is 12.4 Å². The van der Waals surface area contributed by atoms with Crippen molar-refractivity contribution in [2.24, 2.45) is 5.73 Å². The van der Waals surface area contributed by atoms with Crippen molar-refractivity contribution in [1.82, 2.24) is 26.1 Å². The Labute approximate surface area is 122 Å². The van der Waals surface area contributed by atoms with Gasteiger partial charge in [0.2, 0.25) is 5.91 Å². The molecular weight excluding hydrogens is 276 g/mol. The number of H-pyrrole nitrogens is 1. The van der Waals surface area contributed by atoms with Gasteiger partial charge in [0, 0.05) is 18.8 Å². The summed E-state index contributed by atoms with van der Waals surface area (Å²) >= 11 is 0. The second-order valence-corrected chi connectivity index (χ2v) is 4.62. The lowest BCUT2D eigenvalue weighted by Gasteiger charge is -2.17. The number of imidazole rings is 1. The summed E-state index contributed by atoms with van der Waals surface area (Å²) in [6.45, 7) is 2.92. The monoisotopic (exact) mass is 296 g/mol. The minimum absolute atomic E-state index is 0.0183. The van der Waals surface area contributed by atoms with E-state index in [0.717, 1.165) is 0 Å². The zero-order chi connectivity index (χ0) is 15.8. The number of carbonyl (C=O) groups is 3. The van der Waals surface area contributed by atoms with E-state index in [1.807, 2.05) is 0 Å². The Hall–Kier alpha value is -2.26. The molecule has 9 heteroatoms. The quantitative estimate of drug-likeness (QED) is 0.351. The zero-order valence-corrected chi connectivity index (χ0v) is 12.0. The summed E-state index contributed by atoms with van der Waals surface area (Å²) in [5.41, 5.74) is 10.5. The van der Waals surface area contributed by atoms with Gasteiger partial charge >= 0.3 is 0 Å². The van der Waals surface area contributed by atoms with E-state index in [2.05, 4.69) is 26.1 Å². The largest absolute Gasteiger partial charge is 0.349 e. The van der Waals surface area contributed by atoms with Gasteiger partial charge in [-0.2, -0.15) is 0 Å². The van der Waals surface area contributed by atoms with Crippen molar-refractivity contribution in [3.8, 4) is 0 Å². The molecule has 0 saturated carbocycles. The highest BCUT2D eigenvalue weighted by Gasteiger charge is 2.20. The molecular formula is C12H20N6O3. The molecule has 0 aliphatic carbocycles. The van der Waals surface area contributed by atoms with Gasteiger partial charge in [-0.15, -0.1) is 0 Å². The number of ketones is 1. The standard InChI is InChI=1S/C12H20N6O3/c1-7(19)6-16-18-11(20)8(2)17-12(21)9(13)5-10-14-3-4-15-10/h3-4,8-9,16H,5-6,13H2,1-2H3,(H,14,15)(H,17,21)(H,18,20)/t8-,9-/m0/s1. The number of hydrazine groups is 1. The van der Waals surface area contributed by atoms with Crippen LogP contribution in [0.3, 0.4) is 0 Å². The number of aromatic nitrogens is 2. The lowest BCUT2D eigenvalue weighted by Crippen LogP contribution is -2.53. The molecule has 6 N–H and O–H groups in total. The summed E-state index contributed by atoms with van der Waals surface area (Å²) in [6.07, 6.45) is 3.45. The molecule has 2 amide bonds. The molecule has 1 heterocycles. The van der Waals surface area contributed by atoms with Crippen molar-refractivity contribution >= 4 is 17.6 Å². The van der Waals surface area contributed by atoms with Crippen LogP contribution in [0.25, 0.3) is 0 Å². The third-order valence-corrected chi connectivity index (χ3v) is 2.61. The SMILES string of the molecule is CC(=O)CNNC(=O)[C@H](C)NC(=O)[C@@H](N)Cc1ncc[nH]1. The number of aromatic amines is 1. The van der Waals surface area contributed by atoms with Gasteiger partial charge in [-0.25, -0.2) is 10.4 Å². The van der Waals surface area contributed by atoms with Crippen molar-refractivity contribution in [3.05, 3.63) is 18.2 Å². The highest BCUT2D eigenvalue weighted by atomic mass is 16.2. The van der Waals surface area contributed by atoms with Crippen molar-refractivity contribution in [3.63, 3.8) is 0 Å². The van der Waals surface area contributed by atoms with Crippen LogP contribution in [-0.4, -0.2) is 46.2 Å². The maximum atomic E-state index is 11.8. The number of Topliss-reactive ketones (excluding diaryl/α,β-unsaturated/α-hetero) is 1. The van der Waals surface area contributed by atoms with E-state index in [9.17, 15) is 14.4 Å². The van der Waals surface area contributed by atoms with Gasteiger partial charge in [0.05, 0.1) is 12.6 Å². The van der Waals surface area contributed by atoms with Crippen LogP contribution in [-0.2, 0) is 20.8 Å². The molecule has 1 aromatic rings. The molecule has 1 rings (SSSR count). The maximum absolute atomic E-state index is 11.8. The first-order valence-electron chi connectivity index (χ1n) is 6.46. The van der Waals surface area contributed by atoms with Gasteiger partial charge in [0.15, 0.2) is 0 Å². The summed E-state index contributed by atoms with van der Waals surface area (Å²) in [5.74, 6) is -0.444. The van der Waals surface area contributed by atoms with Crippen LogP contribution < -0.4 is 21.9 Å². The second kappa shape index (κ2) is 8.12. The minimum Gasteiger partial charge on any atom is -0.349 e. The second-order valence-electron chi connectivity index (χ2n) is 4.62. The third kappa shape index (κ3) is 6.15. The van der Waals surface area contributed by atoms with Crippen LogP contribution in [0.2, 0.25) is 0 Å². The van der Waals surface area contributed by atoms with Gasteiger partial charge in [0.1, 0.15) is 17.6 Å². The Morgan fingerprint density at radius 1 is 1.38 bits per heavy atom. The van der Waals surface area contributed by atoms with E-state index >= 15 is 0 Å². The first kappa shape index (κ1) is 16.8. The minimum atomic E-state index is -0.809. The number of hydrogen-bond donors (Lipinski definition) is 5. The Morgan fingerprint density at radius 2 is 2.10 bits per heavy atom. The Bertz CT molecular complexity index is 487. The zero-order valence-electron chi connectivity index (χ0n) is 12.0. The molecule has 0 fully saturated rings. The summed E-state index contributed by atoms with van der Waals surface area (Å²) < 4.78 is 0. The van der Waals surface area contributed by atoms with E-state index in [1.54, 1.807) is 12.4 Å². The Kier molecular flexibility index (Phi) is 6.50. The number of nitrogens with zero attached hydrogens (tertiary/aromatic N) is 1. The summed E-state index contributed by atoms with van der Waals surface area (Å²) in [6, 6.07) is -1.59. The van der Waals surface area contributed by atoms with Crippen molar-refractivity contribution in [1.29, 1.82) is 0 Å². The molecule has 0 bridgehead atoms. The summed E-state index contributed by atoms with van der Waals surface area (Å²) in [4.78, 5) is 41.0. The van der Waals surface area contributed by atoms with Crippen molar-refractivity contribution in [2.75, 3.05) is 6.54 Å². The molecule has 0 unspecified atom stereocenters. The topological polar surface area (TPSA) is 142 Å². The van der Waals surface area contributed by atoms with Gasteiger partial charge in [-0.05, 0) is 13.8 Å². The number of hydrogen-bond acceptors (Lipinski definition) is 6. The van der Waals surface area contributed by atoms with Crippen LogP contribution >= 0.6 is 0 Å². The summed E-state index contributed by atoms with van der Waals surface area (Å²) in [5, 5.41) is 2.49. The molecule has 1 aromatic heterocycles. The van der Waals surface area contributed by atoms with Gasteiger partial charge in [-0.1, -0.05) is 0 Å². The van der Waals surface area contributed by atoms with E-state index in [-0.39, 0.29) is 18.7 Å². The molecule has 9 nitrogen and oxygen atoms in total. The van der Waals surface area contributed by atoms with Crippen LogP contribution in [0.5, 0.6) is 0 Å². The highest BCUT2D eigenvalue weighted by molar-refractivity contribution is 5.89. The molecule has 0 aliphatic heterocycles. The Morgan fingerprint density at radius 3 is 2.67 bits per heavy atom. The fraction of sp³-hybridized carbons (Fsp3) is 0.500. The van der Waals surface area contributed by atoms with Crippen LogP contribution in [0, 0.1) is 0 Å². The molecule has 0 saturated heterocycles. The van der Waals surface area contributed by atoms with Gasteiger partial charge in [0.25, 0.3) is 5.91 Å². The fourth-order valence-corrected chi connectivity index (χ4v) is 1.46. The van der Waals surface area contributed by atoms with E-state index < -0.39 is 23.9 Å². The maximum Gasteiger partial charge on any atom is 0.256 e. The Balaban J connectivity index is 2.35. The average molecular weight is 296 g/mol. The number of nitrogens with two attached hydrogens (primary N) is 1. The van der Waals surface area contributed by atoms with E-state index in [4.69, 9.17) is 5.73 Å². The molecule has 0 aromatic carbocycles. The van der Waals surface area contributed by atoms with E-state index in [1.165, 1.54) is 13.8 Å². The van der Waals surface area contributed by atoms with Crippen LogP contribution in [0.4, 0.5) is 0 Å². The molecule has 116 valence electrons. The lowest BCUT2D eigenvalue weighted by molar-refractivity contribution is -0.130. The van der Waals surface area contributed by atoms with Gasteiger partial charge < -0.3 is 16.0 Å². The first-order valence-corrected chi connectivity index (χ1v) is 6.46. The van der Waals surface area contributed by atoms with Crippen molar-refractivity contribution < 1.29 is 14.4 Å². The highest BCUT2D eigenvalue weighted by Crippen LogP contribution is 1.95. The molecule has 0 radical (unpaired) electrons. The number of nitrogens with one attached hydrogen (secondary N) is 4. The number of amides is 2. The molecule has 21 heavy (non-hydrogen) atoms. The number of carbonyl (C=O) groups excluding carboxylic acids is 3. The fourth-order valence-electron chi connectivity index (χ4n) is 1.46. The predicted molar refractivity (Wildman–Crippen MR) is 74.7 cm³/mol. The van der Waals surface area contributed by atoms with Crippen LogP contribution in [0.1, 0.15) is 19.7 Å². The number of rotatable bonds is 8. The van der Waals surface area contributed by atoms with Crippen molar-refractivity contribution in [2.45, 2.75) is 32.4 Å². The smallest absolute Gasteiger partial charge is 0.256 e. The first-order chi connectivity index (χ1) is 9.90. The van der Waals surface area contributed by atoms with E-state index in [0.29, 0.717) is 5.82 Å². The molecule has 0 spiro atoms. The lowest BCUT2D eigenvalue weighted by atomic mass is 10.2. The normalized spacial score (nSPS) is 13.3. The predicted octanol–water partition coefficient (Wildman–Crippen LogP) is -2.01. The summed E-state index contributed by atoms with van der Waals surface area (Å²) in [7, 11) is 0.